The molecule has 4 aromatic rings. The SMILES string of the molecule is Cc1cc2c(C(=O)n3nc4c(c3N)CCN(C(C)c3ccccc3)C4)cccc2[nH]1. The van der Waals surface area contributed by atoms with Crippen LogP contribution in [0.15, 0.2) is 54.6 Å². The molecule has 30 heavy (non-hydrogen) atoms. The molecule has 0 amide bonds. The normalized spacial score (nSPS) is 15.3. The van der Waals surface area contributed by atoms with Crippen molar-refractivity contribution in [3.05, 3.63) is 82.7 Å². The minimum atomic E-state index is -0.186. The van der Waals surface area contributed by atoms with Gasteiger partial charge in [0.2, 0.25) is 0 Å². The van der Waals surface area contributed by atoms with Gasteiger partial charge in [-0.2, -0.15) is 9.78 Å². The number of carbonyl (C=O) groups excluding carboxylic acids is 1. The molecule has 1 aliphatic rings. The van der Waals surface area contributed by atoms with Gasteiger partial charge in [0, 0.05) is 41.3 Å². The fraction of sp³-hybridized carbons (Fsp3) is 0.250. The average Bonchev–Trinajstić information content (AvgIpc) is 3.31. The highest BCUT2D eigenvalue weighted by molar-refractivity contribution is 6.08. The van der Waals surface area contributed by atoms with E-state index in [0.717, 1.165) is 40.8 Å². The molecule has 2 aromatic heterocycles. The monoisotopic (exact) mass is 399 g/mol. The highest BCUT2D eigenvalue weighted by Crippen LogP contribution is 2.30. The lowest BCUT2D eigenvalue weighted by atomic mass is 10.0. The fourth-order valence-corrected chi connectivity index (χ4v) is 4.46. The van der Waals surface area contributed by atoms with E-state index < -0.39 is 0 Å². The summed E-state index contributed by atoms with van der Waals surface area (Å²) in [4.78, 5) is 19.0. The molecule has 0 radical (unpaired) electrons. The van der Waals surface area contributed by atoms with Crippen molar-refractivity contribution >= 4 is 22.6 Å². The molecule has 5 rings (SSSR count). The van der Waals surface area contributed by atoms with Crippen molar-refractivity contribution < 1.29 is 4.79 Å². The van der Waals surface area contributed by atoms with Crippen LogP contribution in [0.5, 0.6) is 0 Å². The number of benzene rings is 2. The summed E-state index contributed by atoms with van der Waals surface area (Å²) in [7, 11) is 0. The molecule has 1 atom stereocenters. The fourth-order valence-electron chi connectivity index (χ4n) is 4.46. The third kappa shape index (κ3) is 3.00. The largest absolute Gasteiger partial charge is 0.383 e. The molecule has 2 aromatic carbocycles. The molecule has 1 unspecified atom stereocenters. The zero-order valence-electron chi connectivity index (χ0n) is 17.2. The lowest BCUT2D eigenvalue weighted by Crippen LogP contribution is -2.32. The van der Waals surface area contributed by atoms with Gasteiger partial charge in [-0.05, 0) is 44.0 Å². The van der Waals surface area contributed by atoms with Gasteiger partial charge in [0.15, 0.2) is 0 Å². The number of nitrogens with two attached hydrogens (primary N) is 1. The van der Waals surface area contributed by atoms with Crippen molar-refractivity contribution in [2.45, 2.75) is 32.9 Å². The first kappa shape index (κ1) is 18.6. The number of hydrogen-bond donors (Lipinski definition) is 2. The molecular formula is C24H25N5O. The predicted molar refractivity (Wildman–Crippen MR) is 118 cm³/mol. The second kappa shape index (κ2) is 7.15. The van der Waals surface area contributed by atoms with Crippen molar-refractivity contribution in [3.63, 3.8) is 0 Å². The molecule has 0 saturated heterocycles. The maximum Gasteiger partial charge on any atom is 0.280 e. The van der Waals surface area contributed by atoms with Crippen LogP contribution >= 0.6 is 0 Å². The van der Waals surface area contributed by atoms with E-state index in [1.807, 2.05) is 37.3 Å². The van der Waals surface area contributed by atoms with E-state index in [1.165, 1.54) is 10.2 Å². The van der Waals surface area contributed by atoms with Gasteiger partial charge in [-0.1, -0.05) is 36.4 Å². The van der Waals surface area contributed by atoms with Crippen LogP contribution in [0.4, 0.5) is 5.82 Å². The molecule has 1 aliphatic heterocycles. The summed E-state index contributed by atoms with van der Waals surface area (Å²) in [6.45, 7) is 5.77. The van der Waals surface area contributed by atoms with E-state index in [2.05, 4.69) is 46.2 Å². The van der Waals surface area contributed by atoms with Crippen LogP contribution in [0, 0.1) is 6.92 Å². The summed E-state index contributed by atoms with van der Waals surface area (Å²) in [6, 6.07) is 18.4. The molecule has 0 fully saturated rings. The molecule has 0 saturated carbocycles. The van der Waals surface area contributed by atoms with Crippen LogP contribution in [0.2, 0.25) is 0 Å². The number of rotatable bonds is 3. The number of aromatic nitrogens is 3. The topological polar surface area (TPSA) is 79.9 Å². The molecule has 0 bridgehead atoms. The van der Waals surface area contributed by atoms with Gasteiger partial charge in [0.05, 0.1) is 11.3 Å². The highest BCUT2D eigenvalue weighted by atomic mass is 16.2. The Hall–Kier alpha value is -3.38. The quantitative estimate of drug-likeness (QED) is 0.544. The Kier molecular flexibility index (Phi) is 4.44. The predicted octanol–water partition coefficient (Wildman–Crippen LogP) is 4.06. The second-order valence-electron chi connectivity index (χ2n) is 8.05. The van der Waals surface area contributed by atoms with Crippen LogP contribution in [0.25, 0.3) is 10.9 Å². The Morgan fingerprint density at radius 3 is 2.77 bits per heavy atom. The first-order valence-corrected chi connectivity index (χ1v) is 10.3. The first-order chi connectivity index (χ1) is 14.5. The van der Waals surface area contributed by atoms with Crippen LogP contribution in [-0.4, -0.2) is 32.1 Å². The van der Waals surface area contributed by atoms with Crippen molar-refractivity contribution in [1.29, 1.82) is 0 Å². The maximum absolute atomic E-state index is 13.3. The number of carbonyl (C=O) groups is 1. The van der Waals surface area contributed by atoms with E-state index >= 15 is 0 Å². The number of fused-ring (bicyclic) bond motifs is 2. The van der Waals surface area contributed by atoms with E-state index in [-0.39, 0.29) is 11.9 Å². The van der Waals surface area contributed by atoms with E-state index in [1.54, 1.807) is 0 Å². The van der Waals surface area contributed by atoms with Crippen molar-refractivity contribution in [1.82, 2.24) is 19.7 Å². The summed E-state index contributed by atoms with van der Waals surface area (Å²) < 4.78 is 1.39. The van der Waals surface area contributed by atoms with Gasteiger partial charge in [0.1, 0.15) is 5.82 Å². The van der Waals surface area contributed by atoms with Gasteiger partial charge in [-0.25, -0.2) is 0 Å². The molecular weight excluding hydrogens is 374 g/mol. The molecule has 0 spiro atoms. The Morgan fingerprint density at radius 1 is 1.17 bits per heavy atom. The van der Waals surface area contributed by atoms with Crippen LogP contribution in [-0.2, 0) is 13.0 Å². The molecule has 6 nitrogen and oxygen atoms in total. The van der Waals surface area contributed by atoms with Crippen molar-refractivity contribution in [2.24, 2.45) is 0 Å². The van der Waals surface area contributed by atoms with Crippen LogP contribution in [0.3, 0.4) is 0 Å². The Balaban J connectivity index is 1.47. The number of anilines is 1. The molecule has 3 N–H and O–H groups in total. The van der Waals surface area contributed by atoms with Gasteiger partial charge < -0.3 is 10.7 Å². The van der Waals surface area contributed by atoms with Crippen molar-refractivity contribution in [2.75, 3.05) is 12.3 Å². The third-order valence-electron chi connectivity index (χ3n) is 6.16. The standard InChI is InChI=1S/C24H25N5O/c1-15-13-20-18(9-6-10-21(20)26-15)24(30)29-23(25)19-11-12-28(14-22(19)27-29)16(2)17-7-4-3-5-8-17/h3-10,13,16,26H,11-12,14,25H2,1-2H3. The van der Waals surface area contributed by atoms with Gasteiger partial charge >= 0.3 is 0 Å². The Bertz CT molecular complexity index is 1240. The Morgan fingerprint density at radius 2 is 1.97 bits per heavy atom. The minimum absolute atomic E-state index is 0.186. The zero-order valence-corrected chi connectivity index (χ0v) is 17.2. The van der Waals surface area contributed by atoms with E-state index in [4.69, 9.17) is 5.73 Å². The molecule has 0 aliphatic carbocycles. The Labute approximate surface area is 175 Å². The average molecular weight is 399 g/mol. The van der Waals surface area contributed by atoms with Crippen molar-refractivity contribution in [3.8, 4) is 0 Å². The van der Waals surface area contributed by atoms with Crippen LogP contribution < -0.4 is 5.73 Å². The number of hydrogen-bond acceptors (Lipinski definition) is 4. The summed E-state index contributed by atoms with van der Waals surface area (Å²) in [5, 5.41) is 5.55. The smallest absolute Gasteiger partial charge is 0.280 e. The summed E-state index contributed by atoms with van der Waals surface area (Å²) in [6.07, 6.45) is 0.791. The minimum Gasteiger partial charge on any atom is -0.383 e. The number of H-pyrrole nitrogens is 1. The molecule has 152 valence electrons. The third-order valence-corrected chi connectivity index (χ3v) is 6.16. The lowest BCUT2D eigenvalue weighted by molar-refractivity contribution is 0.0948. The zero-order chi connectivity index (χ0) is 20.8. The van der Waals surface area contributed by atoms with Gasteiger partial charge in [0.25, 0.3) is 5.91 Å². The maximum atomic E-state index is 13.3. The lowest BCUT2D eigenvalue weighted by Gasteiger charge is -2.32. The van der Waals surface area contributed by atoms with E-state index in [0.29, 0.717) is 17.9 Å². The van der Waals surface area contributed by atoms with Gasteiger partial charge in [-0.3, -0.25) is 9.69 Å². The number of nitrogen functional groups attached to an aromatic ring is 1. The number of nitrogens with one attached hydrogen (secondary N) is 1. The van der Waals surface area contributed by atoms with Crippen LogP contribution in [0.1, 0.15) is 45.8 Å². The molecule has 6 heteroatoms. The summed E-state index contributed by atoms with van der Waals surface area (Å²) >= 11 is 0. The number of aryl methyl sites for hydroxylation is 1. The summed E-state index contributed by atoms with van der Waals surface area (Å²) in [5.74, 6) is 0.278. The van der Waals surface area contributed by atoms with Gasteiger partial charge in [-0.15, -0.1) is 0 Å². The number of aromatic amines is 1. The first-order valence-electron chi connectivity index (χ1n) is 10.3. The number of nitrogens with zero attached hydrogens (tertiary/aromatic N) is 3. The second-order valence-corrected chi connectivity index (χ2v) is 8.05. The highest BCUT2D eigenvalue weighted by Gasteiger charge is 2.29. The van der Waals surface area contributed by atoms with E-state index in [9.17, 15) is 4.79 Å². The summed E-state index contributed by atoms with van der Waals surface area (Å²) in [5.41, 5.74) is 12.1. The molecule has 3 heterocycles.